The number of benzene rings is 3. The third-order valence-electron chi connectivity index (χ3n) is 3.58. The SMILES string of the molecule is O=C(Oc1ccccc1)c1ccccc1OCc1cccc([N+](=O)[O-])c1. The molecule has 0 amide bonds. The minimum Gasteiger partial charge on any atom is -0.488 e. The highest BCUT2D eigenvalue weighted by atomic mass is 16.6. The number of para-hydroxylation sites is 2. The normalized spacial score (nSPS) is 10.2. The van der Waals surface area contributed by atoms with Gasteiger partial charge in [0.1, 0.15) is 23.7 Å². The lowest BCUT2D eigenvalue weighted by Gasteiger charge is -2.11. The first kappa shape index (κ1) is 17.2. The van der Waals surface area contributed by atoms with Crippen molar-refractivity contribution in [2.45, 2.75) is 6.61 Å². The van der Waals surface area contributed by atoms with Crippen molar-refractivity contribution in [1.29, 1.82) is 0 Å². The monoisotopic (exact) mass is 349 g/mol. The van der Waals surface area contributed by atoms with Gasteiger partial charge in [0, 0.05) is 12.1 Å². The third-order valence-corrected chi connectivity index (χ3v) is 3.58. The average molecular weight is 349 g/mol. The Hall–Kier alpha value is -3.67. The summed E-state index contributed by atoms with van der Waals surface area (Å²) in [5.74, 6) is 0.247. The van der Waals surface area contributed by atoms with Crippen LogP contribution in [0.4, 0.5) is 5.69 Å². The van der Waals surface area contributed by atoms with Gasteiger partial charge in [-0.25, -0.2) is 4.79 Å². The van der Waals surface area contributed by atoms with Crippen LogP contribution in [0.5, 0.6) is 11.5 Å². The van der Waals surface area contributed by atoms with Crippen LogP contribution in [0, 0.1) is 10.1 Å². The van der Waals surface area contributed by atoms with E-state index in [0.717, 1.165) is 0 Å². The molecule has 3 aromatic rings. The molecule has 0 saturated heterocycles. The molecule has 6 heteroatoms. The smallest absolute Gasteiger partial charge is 0.347 e. The van der Waals surface area contributed by atoms with Crippen molar-refractivity contribution in [3.8, 4) is 11.5 Å². The molecular formula is C20H15NO5. The summed E-state index contributed by atoms with van der Waals surface area (Å²) in [6.45, 7) is 0.0946. The van der Waals surface area contributed by atoms with Crippen molar-refractivity contribution in [1.82, 2.24) is 0 Å². The van der Waals surface area contributed by atoms with Crippen LogP contribution in [0.2, 0.25) is 0 Å². The molecule has 0 radical (unpaired) electrons. The zero-order valence-corrected chi connectivity index (χ0v) is 13.7. The first-order chi connectivity index (χ1) is 12.6. The minimum absolute atomic E-state index is 0.0112. The molecule has 0 unspecified atom stereocenters. The second-order valence-corrected chi connectivity index (χ2v) is 5.41. The van der Waals surface area contributed by atoms with Crippen molar-refractivity contribution in [3.05, 3.63) is 100 Å². The van der Waals surface area contributed by atoms with Crippen LogP contribution in [0.1, 0.15) is 15.9 Å². The van der Waals surface area contributed by atoms with E-state index < -0.39 is 10.9 Å². The number of nitro benzene ring substituents is 1. The fourth-order valence-corrected chi connectivity index (χ4v) is 2.33. The second kappa shape index (κ2) is 7.94. The van der Waals surface area contributed by atoms with E-state index in [1.807, 2.05) is 6.07 Å². The molecule has 3 aromatic carbocycles. The maximum absolute atomic E-state index is 12.4. The van der Waals surface area contributed by atoms with Crippen LogP contribution in [0.15, 0.2) is 78.9 Å². The predicted octanol–water partition coefficient (Wildman–Crippen LogP) is 4.39. The van der Waals surface area contributed by atoms with E-state index >= 15 is 0 Å². The zero-order valence-electron chi connectivity index (χ0n) is 13.7. The van der Waals surface area contributed by atoms with Crippen molar-refractivity contribution in [3.63, 3.8) is 0 Å². The molecule has 130 valence electrons. The number of non-ortho nitro benzene ring substituents is 1. The minimum atomic E-state index is -0.536. The summed E-state index contributed by atoms with van der Waals surface area (Å²) in [4.78, 5) is 22.8. The highest BCUT2D eigenvalue weighted by molar-refractivity contribution is 5.93. The third kappa shape index (κ3) is 4.24. The van der Waals surface area contributed by atoms with E-state index in [2.05, 4.69) is 0 Å². The van der Waals surface area contributed by atoms with Crippen LogP contribution >= 0.6 is 0 Å². The molecule has 0 atom stereocenters. The van der Waals surface area contributed by atoms with Gasteiger partial charge in [-0.15, -0.1) is 0 Å². The molecule has 0 aromatic heterocycles. The van der Waals surface area contributed by atoms with Gasteiger partial charge in [0.2, 0.25) is 0 Å². The standard InChI is InChI=1S/C20H15NO5/c22-20(26-17-9-2-1-3-10-17)18-11-4-5-12-19(18)25-14-15-7-6-8-16(13-15)21(23)24/h1-13H,14H2. The number of nitrogens with zero attached hydrogens (tertiary/aromatic N) is 1. The molecule has 0 aliphatic heterocycles. The highest BCUT2D eigenvalue weighted by Crippen LogP contribution is 2.22. The summed E-state index contributed by atoms with van der Waals surface area (Å²) in [5, 5.41) is 10.8. The summed E-state index contributed by atoms with van der Waals surface area (Å²) < 4.78 is 11.0. The molecule has 0 N–H and O–H groups in total. The van der Waals surface area contributed by atoms with E-state index in [0.29, 0.717) is 17.1 Å². The Morgan fingerprint density at radius 1 is 0.923 bits per heavy atom. The number of carbonyl (C=O) groups is 1. The second-order valence-electron chi connectivity index (χ2n) is 5.41. The van der Waals surface area contributed by atoms with Gasteiger partial charge in [-0.05, 0) is 29.8 Å². The Morgan fingerprint density at radius 2 is 1.65 bits per heavy atom. The van der Waals surface area contributed by atoms with Crippen molar-refractivity contribution < 1.29 is 19.2 Å². The first-order valence-electron chi connectivity index (χ1n) is 7.86. The van der Waals surface area contributed by atoms with Gasteiger partial charge in [-0.1, -0.05) is 42.5 Å². The van der Waals surface area contributed by atoms with Crippen LogP contribution in [-0.2, 0) is 6.61 Å². The van der Waals surface area contributed by atoms with Gasteiger partial charge in [-0.3, -0.25) is 10.1 Å². The number of esters is 1. The number of carbonyl (C=O) groups excluding carboxylic acids is 1. The topological polar surface area (TPSA) is 78.7 Å². The number of rotatable bonds is 6. The molecule has 26 heavy (non-hydrogen) atoms. The first-order valence-corrected chi connectivity index (χ1v) is 7.86. The molecule has 6 nitrogen and oxygen atoms in total. The quantitative estimate of drug-likeness (QED) is 0.285. The van der Waals surface area contributed by atoms with E-state index in [9.17, 15) is 14.9 Å². The van der Waals surface area contributed by atoms with Gasteiger partial charge >= 0.3 is 5.97 Å². The number of hydrogen-bond donors (Lipinski definition) is 0. The fourth-order valence-electron chi connectivity index (χ4n) is 2.33. The molecule has 0 spiro atoms. The molecule has 0 heterocycles. The van der Waals surface area contributed by atoms with Gasteiger partial charge in [0.05, 0.1) is 4.92 Å². The maximum atomic E-state index is 12.4. The Labute approximate surface area is 149 Å². The Kier molecular flexibility index (Phi) is 5.24. The molecule has 0 bridgehead atoms. The Balaban J connectivity index is 1.74. The van der Waals surface area contributed by atoms with E-state index in [4.69, 9.17) is 9.47 Å². The molecule has 0 aliphatic rings. The maximum Gasteiger partial charge on any atom is 0.347 e. The summed E-state index contributed by atoms with van der Waals surface area (Å²) >= 11 is 0. The molecule has 0 saturated carbocycles. The molecule has 3 rings (SSSR count). The van der Waals surface area contributed by atoms with Crippen molar-refractivity contribution >= 4 is 11.7 Å². The predicted molar refractivity (Wildman–Crippen MR) is 95.3 cm³/mol. The summed E-state index contributed by atoms with van der Waals surface area (Å²) in [6, 6.07) is 21.6. The Morgan fingerprint density at radius 3 is 2.42 bits per heavy atom. The molecule has 0 fully saturated rings. The van der Waals surface area contributed by atoms with Crippen LogP contribution in [-0.4, -0.2) is 10.9 Å². The Bertz CT molecular complexity index is 924. The van der Waals surface area contributed by atoms with Gasteiger partial charge in [0.15, 0.2) is 0 Å². The van der Waals surface area contributed by atoms with Crippen LogP contribution < -0.4 is 9.47 Å². The summed E-state index contributed by atoms with van der Waals surface area (Å²) in [5.41, 5.74) is 0.898. The van der Waals surface area contributed by atoms with E-state index in [1.54, 1.807) is 60.7 Å². The number of hydrogen-bond acceptors (Lipinski definition) is 5. The number of nitro groups is 1. The number of ether oxygens (including phenoxy) is 2. The molecule has 0 aliphatic carbocycles. The summed E-state index contributed by atoms with van der Waals surface area (Å²) in [6.07, 6.45) is 0. The van der Waals surface area contributed by atoms with Gasteiger partial charge < -0.3 is 9.47 Å². The van der Waals surface area contributed by atoms with Crippen LogP contribution in [0.25, 0.3) is 0 Å². The van der Waals surface area contributed by atoms with Gasteiger partial charge in [-0.2, -0.15) is 0 Å². The fraction of sp³-hybridized carbons (Fsp3) is 0.0500. The summed E-state index contributed by atoms with van der Waals surface area (Å²) in [7, 11) is 0. The lowest BCUT2D eigenvalue weighted by Crippen LogP contribution is -2.10. The average Bonchev–Trinajstić information content (AvgIpc) is 2.67. The van der Waals surface area contributed by atoms with E-state index in [1.165, 1.54) is 12.1 Å². The van der Waals surface area contributed by atoms with E-state index in [-0.39, 0.29) is 17.9 Å². The van der Waals surface area contributed by atoms with Gasteiger partial charge in [0.25, 0.3) is 5.69 Å². The van der Waals surface area contributed by atoms with Crippen molar-refractivity contribution in [2.75, 3.05) is 0 Å². The van der Waals surface area contributed by atoms with Crippen molar-refractivity contribution in [2.24, 2.45) is 0 Å². The largest absolute Gasteiger partial charge is 0.488 e. The van der Waals surface area contributed by atoms with Crippen LogP contribution in [0.3, 0.4) is 0 Å². The lowest BCUT2D eigenvalue weighted by molar-refractivity contribution is -0.384. The lowest BCUT2D eigenvalue weighted by atomic mass is 10.2. The highest BCUT2D eigenvalue weighted by Gasteiger charge is 2.15. The molecular weight excluding hydrogens is 334 g/mol. The zero-order chi connectivity index (χ0) is 18.4.